The molecule has 0 unspecified atom stereocenters. The third kappa shape index (κ3) is 4.81. The van der Waals surface area contributed by atoms with E-state index in [2.05, 4.69) is 5.32 Å². The van der Waals surface area contributed by atoms with E-state index in [0.29, 0.717) is 29.0 Å². The summed E-state index contributed by atoms with van der Waals surface area (Å²) < 4.78 is 16.6. The zero-order valence-electron chi connectivity index (χ0n) is 17.9. The summed E-state index contributed by atoms with van der Waals surface area (Å²) in [7, 11) is 1.60. The van der Waals surface area contributed by atoms with E-state index in [4.69, 9.17) is 13.9 Å². The zero-order valence-corrected chi connectivity index (χ0v) is 17.9. The number of carbonyl (C=O) groups is 1. The molecule has 0 fully saturated rings. The van der Waals surface area contributed by atoms with Gasteiger partial charge in [0.1, 0.15) is 22.8 Å². The highest BCUT2D eigenvalue weighted by molar-refractivity contribution is 5.94. The number of benzene rings is 3. The van der Waals surface area contributed by atoms with Crippen LogP contribution in [0.4, 0.5) is 5.69 Å². The molecule has 1 N–H and O–H groups in total. The van der Waals surface area contributed by atoms with Gasteiger partial charge in [-0.3, -0.25) is 9.59 Å². The number of fused-ring (bicyclic) bond motifs is 1. The van der Waals surface area contributed by atoms with E-state index < -0.39 is 0 Å². The maximum absolute atomic E-state index is 12.6. The minimum absolute atomic E-state index is 0.147. The minimum Gasteiger partial charge on any atom is -0.497 e. The van der Waals surface area contributed by atoms with Crippen LogP contribution in [0.15, 0.2) is 82.0 Å². The van der Waals surface area contributed by atoms with Gasteiger partial charge in [0.25, 0.3) is 0 Å². The first-order chi connectivity index (χ1) is 15.6. The third-order valence-corrected chi connectivity index (χ3v) is 4.99. The van der Waals surface area contributed by atoms with Crippen molar-refractivity contribution in [1.82, 2.24) is 0 Å². The Balaban J connectivity index is 1.55. The third-order valence-electron chi connectivity index (χ3n) is 4.99. The summed E-state index contributed by atoms with van der Waals surface area (Å²) in [6.45, 7) is 2.50. The van der Waals surface area contributed by atoms with Crippen LogP contribution in [0, 0.1) is 0 Å². The fourth-order valence-corrected chi connectivity index (χ4v) is 3.39. The number of amides is 1. The Kier molecular flexibility index (Phi) is 6.22. The lowest BCUT2D eigenvalue weighted by molar-refractivity contribution is -0.115. The Morgan fingerprint density at radius 1 is 0.938 bits per heavy atom. The van der Waals surface area contributed by atoms with Crippen LogP contribution in [0.3, 0.4) is 0 Å². The molecule has 0 radical (unpaired) electrons. The van der Waals surface area contributed by atoms with Gasteiger partial charge in [0.05, 0.1) is 25.5 Å². The number of rotatable bonds is 7. The van der Waals surface area contributed by atoms with Crippen molar-refractivity contribution in [3.63, 3.8) is 0 Å². The number of nitrogens with one attached hydrogen (secondary N) is 1. The number of methoxy groups -OCH3 is 1. The molecular formula is C26H23NO5. The molecule has 6 heteroatoms. The Morgan fingerprint density at radius 2 is 1.66 bits per heavy atom. The molecule has 6 nitrogen and oxygen atoms in total. The molecule has 1 amide bonds. The first-order valence-corrected chi connectivity index (χ1v) is 10.3. The normalized spacial score (nSPS) is 10.7. The molecule has 0 atom stereocenters. The van der Waals surface area contributed by atoms with E-state index in [1.54, 1.807) is 25.3 Å². The molecule has 0 spiro atoms. The number of ether oxygens (including phenoxy) is 2. The van der Waals surface area contributed by atoms with Crippen molar-refractivity contribution in [2.75, 3.05) is 19.0 Å². The van der Waals surface area contributed by atoms with Gasteiger partial charge in [-0.1, -0.05) is 12.1 Å². The summed E-state index contributed by atoms with van der Waals surface area (Å²) in [5.41, 5.74) is 2.45. The first-order valence-electron chi connectivity index (χ1n) is 10.3. The van der Waals surface area contributed by atoms with Crippen molar-refractivity contribution < 1.29 is 18.7 Å². The first kappa shape index (κ1) is 21.2. The van der Waals surface area contributed by atoms with Crippen molar-refractivity contribution in [3.05, 3.63) is 88.6 Å². The Hall–Kier alpha value is -4.06. The lowest BCUT2D eigenvalue weighted by Gasteiger charge is -2.08. The summed E-state index contributed by atoms with van der Waals surface area (Å²) in [5, 5.41) is 3.31. The van der Waals surface area contributed by atoms with Crippen LogP contribution in [0.5, 0.6) is 11.5 Å². The highest BCUT2D eigenvalue weighted by Crippen LogP contribution is 2.26. The summed E-state index contributed by atoms with van der Waals surface area (Å²) >= 11 is 0. The predicted molar refractivity (Wildman–Crippen MR) is 124 cm³/mol. The fraction of sp³-hybridized carbons (Fsp3) is 0.154. The zero-order chi connectivity index (χ0) is 22.5. The molecule has 3 aromatic carbocycles. The molecule has 0 saturated heterocycles. The largest absolute Gasteiger partial charge is 0.497 e. The van der Waals surface area contributed by atoms with Gasteiger partial charge in [0.15, 0.2) is 5.43 Å². The highest BCUT2D eigenvalue weighted by Gasteiger charge is 2.10. The molecule has 0 aliphatic heterocycles. The van der Waals surface area contributed by atoms with E-state index in [1.807, 2.05) is 55.5 Å². The average Bonchev–Trinajstić information content (AvgIpc) is 2.80. The van der Waals surface area contributed by atoms with Gasteiger partial charge in [0.2, 0.25) is 5.91 Å². The van der Waals surface area contributed by atoms with Gasteiger partial charge in [0, 0.05) is 23.4 Å². The smallest absolute Gasteiger partial charge is 0.228 e. The molecule has 32 heavy (non-hydrogen) atoms. The van der Waals surface area contributed by atoms with Gasteiger partial charge < -0.3 is 19.2 Å². The summed E-state index contributed by atoms with van der Waals surface area (Å²) in [6.07, 6.45) is 0.220. The van der Waals surface area contributed by atoms with Crippen LogP contribution >= 0.6 is 0 Å². The van der Waals surface area contributed by atoms with Gasteiger partial charge in [-0.25, -0.2) is 0 Å². The molecule has 0 aliphatic carbocycles. The lowest BCUT2D eigenvalue weighted by Crippen LogP contribution is -2.14. The number of hydrogen-bond donors (Lipinski definition) is 1. The van der Waals surface area contributed by atoms with Crippen LogP contribution in [-0.2, 0) is 11.2 Å². The molecule has 4 rings (SSSR count). The quantitative estimate of drug-likeness (QED) is 0.445. The molecule has 0 aliphatic rings. The monoisotopic (exact) mass is 429 g/mol. The van der Waals surface area contributed by atoms with Gasteiger partial charge >= 0.3 is 0 Å². The average molecular weight is 429 g/mol. The van der Waals surface area contributed by atoms with Gasteiger partial charge in [-0.2, -0.15) is 0 Å². The number of anilines is 1. The maximum atomic E-state index is 12.6. The number of hydrogen-bond acceptors (Lipinski definition) is 5. The van der Waals surface area contributed by atoms with Crippen LogP contribution in [0.25, 0.3) is 22.3 Å². The second-order valence-corrected chi connectivity index (χ2v) is 7.22. The predicted octanol–water partition coefficient (Wildman–Crippen LogP) is 5.05. The topological polar surface area (TPSA) is 77.8 Å². The van der Waals surface area contributed by atoms with E-state index >= 15 is 0 Å². The van der Waals surface area contributed by atoms with E-state index in [0.717, 1.165) is 22.6 Å². The van der Waals surface area contributed by atoms with E-state index in [1.165, 1.54) is 6.07 Å². The van der Waals surface area contributed by atoms with Crippen molar-refractivity contribution in [2.45, 2.75) is 13.3 Å². The molecule has 4 aromatic rings. The second kappa shape index (κ2) is 9.39. The molecule has 1 aromatic heterocycles. The van der Waals surface area contributed by atoms with Crippen molar-refractivity contribution in [3.8, 4) is 22.8 Å². The Labute approximate surface area is 185 Å². The van der Waals surface area contributed by atoms with Crippen molar-refractivity contribution in [2.24, 2.45) is 0 Å². The number of carbonyl (C=O) groups excluding carboxylic acids is 1. The van der Waals surface area contributed by atoms with Crippen LogP contribution in [-0.4, -0.2) is 19.6 Å². The van der Waals surface area contributed by atoms with Crippen molar-refractivity contribution >= 4 is 22.6 Å². The van der Waals surface area contributed by atoms with Crippen LogP contribution in [0.2, 0.25) is 0 Å². The molecule has 162 valence electrons. The summed E-state index contributed by atoms with van der Waals surface area (Å²) in [5.74, 6) is 1.77. The second-order valence-electron chi connectivity index (χ2n) is 7.22. The van der Waals surface area contributed by atoms with E-state index in [-0.39, 0.29) is 17.8 Å². The van der Waals surface area contributed by atoms with E-state index in [9.17, 15) is 9.59 Å². The lowest BCUT2D eigenvalue weighted by atomic mass is 10.1. The van der Waals surface area contributed by atoms with Crippen LogP contribution < -0.4 is 20.2 Å². The molecule has 0 bridgehead atoms. The maximum Gasteiger partial charge on any atom is 0.228 e. The fourth-order valence-electron chi connectivity index (χ4n) is 3.39. The highest BCUT2D eigenvalue weighted by atomic mass is 16.5. The van der Waals surface area contributed by atoms with Crippen molar-refractivity contribution in [1.29, 1.82) is 0 Å². The SMILES string of the molecule is CCOc1ccc(-c2cc(=O)c3ccc(NC(=O)Cc4ccc(OC)cc4)cc3o2)cc1. The Bertz CT molecular complexity index is 1290. The Morgan fingerprint density at radius 3 is 2.34 bits per heavy atom. The summed E-state index contributed by atoms with van der Waals surface area (Å²) in [6, 6.07) is 21.2. The van der Waals surface area contributed by atoms with Gasteiger partial charge in [-0.15, -0.1) is 0 Å². The molecule has 1 heterocycles. The van der Waals surface area contributed by atoms with Crippen LogP contribution in [0.1, 0.15) is 12.5 Å². The molecule has 0 saturated carbocycles. The minimum atomic E-state index is -0.167. The summed E-state index contributed by atoms with van der Waals surface area (Å²) in [4.78, 5) is 25.1. The molecular weight excluding hydrogens is 406 g/mol. The standard InChI is InChI=1S/C26H23NO5/c1-3-31-21-11-6-18(7-12-21)24-16-23(28)22-13-8-19(15-25(22)32-24)27-26(29)14-17-4-9-20(30-2)10-5-17/h4-13,15-16H,3,14H2,1-2H3,(H,27,29). The van der Waals surface area contributed by atoms with Gasteiger partial charge in [-0.05, 0) is 61.0 Å².